The van der Waals surface area contributed by atoms with Gasteiger partial charge in [0.1, 0.15) is 16.4 Å². The van der Waals surface area contributed by atoms with Gasteiger partial charge >= 0.3 is 0 Å². The first-order valence-corrected chi connectivity index (χ1v) is 9.77. The van der Waals surface area contributed by atoms with Gasteiger partial charge in [0.05, 0.1) is 18.7 Å². The van der Waals surface area contributed by atoms with Gasteiger partial charge in [-0.25, -0.2) is 4.98 Å². The molecule has 26 heavy (non-hydrogen) atoms. The first kappa shape index (κ1) is 17.0. The van der Waals surface area contributed by atoms with Gasteiger partial charge in [0.15, 0.2) is 0 Å². The minimum atomic E-state index is -0.0454. The number of hydrogen-bond donors (Lipinski definition) is 0. The molecule has 6 heteroatoms. The monoisotopic (exact) mass is 367 g/mol. The lowest BCUT2D eigenvalue weighted by molar-refractivity contribution is 0.415. The van der Waals surface area contributed by atoms with E-state index in [1.54, 1.807) is 24.7 Å². The SMILES string of the molecule is CCc1nc2sc3c(c2c(=O)n1N=Cc1ccc(OC)cc1)CCCC3. The highest BCUT2D eigenvalue weighted by atomic mass is 32.1. The Morgan fingerprint density at radius 3 is 2.77 bits per heavy atom. The van der Waals surface area contributed by atoms with Gasteiger partial charge in [-0.3, -0.25) is 4.79 Å². The Labute approximate surface area is 156 Å². The summed E-state index contributed by atoms with van der Waals surface area (Å²) in [6, 6.07) is 7.58. The second kappa shape index (κ2) is 7.03. The number of ether oxygens (including phenoxy) is 1. The van der Waals surface area contributed by atoms with E-state index in [4.69, 9.17) is 9.72 Å². The number of benzene rings is 1. The molecule has 0 radical (unpaired) electrons. The number of nitrogens with zero attached hydrogens (tertiary/aromatic N) is 3. The molecule has 0 N–H and O–H groups in total. The van der Waals surface area contributed by atoms with Crippen molar-refractivity contribution in [2.24, 2.45) is 5.10 Å². The summed E-state index contributed by atoms with van der Waals surface area (Å²) < 4.78 is 6.64. The van der Waals surface area contributed by atoms with Crippen LogP contribution in [0.15, 0.2) is 34.2 Å². The van der Waals surface area contributed by atoms with Crippen LogP contribution < -0.4 is 10.3 Å². The van der Waals surface area contributed by atoms with E-state index < -0.39 is 0 Å². The maximum absolute atomic E-state index is 13.2. The van der Waals surface area contributed by atoms with Crippen molar-refractivity contribution in [1.82, 2.24) is 9.66 Å². The van der Waals surface area contributed by atoms with E-state index in [0.29, 0.717) is 12.2 Å². The predicted molar refractivity (Wildman–Crippen MR) is 106 cm³/mol. The molecular formula is C20H21N3O2S. The van der Waals surface area contributed by atoms with Gasteiger partial charge in [0.25, 0.3) is 5.56 Å². The van der Waals surface area contributed by atoms with Crippen molar-refractivity contribution >= 4 is 27.8 Å². The Bertz CT molecular complexity index is 1030. The van der Waals surface area contributed by atoms with E-state index in [9.17, 15) is 4.79 Å². The summed E-state index contributed by atoms with van der Waals surface area (Å²) >= 11 is 1.68. The van der Waals surface area contributed by atoms with E-state index in [0.717, 1.165) is 40.8 Å². The van der Waals surface area contributed by atoms with Crippen LogP contribution >= 0.6 is 11.3 Å². The molecule has 0 atom stereocenters. The quantitative estimate of drug-likeness (QED) is 0.659. The highest BCUT2D eigenvalue weighted by molar-refractivity contribution is 7.18. The van der Waals surface area contributed by atoms with Crippen molar-refractivity contribution in [1.29, 1.82) is 0 Å². The zero-order valence-electron chi connectivity index (χ0n) is 15.0. The number of aryl methyl sites for hydroxylation is 3. The van der Waals surface area contributed by atoms with Gasteiger partial charge in [0, 0.05) is 11.3 Å². The molecule has 1 aromatic carbocycles. The molecule has 0 saturated heterocycles. The number of methoxy groups -OCH3 is 1. The van der Waals surface area contributed by atoms with Crippen LogP contribution in [0.2, 0.25) is 0 Å². The highest BCUT2D eigenvalue weighted by Crippen LogP contribution is 2.33. The zero-order valence-corrected chi connectivity index (χ0v) is 15.8. The van der Waals surface area contributed by atoms with Crippen LogP contribution in [0.25, 0.3) is 10.2 Å². The number of fused-ring (bicyclic) bond motifs is 3. The molecule has 0 spiro atoms. The Morgan fingerprint density at radius 1 is 1.27 bits per heavy atom. The molecule has 1 aliphatic rings. The Kier molecular flexibility index (Phi) is 4.59. The summed E-state index contributed by atoms with van der Waals surface area (Å²) in [6.45, 7) is 2.00. The second-order valence-corrected chi connectivity index (χ2v) is 7.49. The number of aromatic nitrogens is 2. The number of thiophene rings is 1. The van der Waals surface area contributed by atoms with E-state index in [1.807, 2.05) is 31.2 Å². The number of rotatable bonds is 4. The van der Waals surface area contributed by atoms with Gasteiger partial charge in [-0.15, -0.1) is 11.3 Å². The van der Waals surface area contributed by atoms with E-state index in [1.165, 1.54) is 21.5 Å². The Morgan fingerprint density at radius 2 is 2.04 bits per heavy atom. The van der Waals surface area contributed by atoms with Gasteiger partial charge in [-0.1, -0.05) is 6.92 Å². The topological polar surface area (TPSA) is 56.5 Å². The molecule has 0 saturated carbocycles. The van der Waals surface area contributed by atoms with Crippen molar-refractivity contribution in [3.8, 4) is 5.75 Å². The second-order valence-electron chi connectivity index (χ2n) is 6.41. The van der Waals surface area contributed by atoms with E-state index in [-0.39, 0.29) is 5.56 Å². The maximum atomic E-state index is 13.2. The summed E-state index contributed by atoms with van der Waals surface area (Å²) in [6.07, 6.45) is 6.74. The van der Waals surface area contributed by atoms with Crippen LogP contribution in [-0.4, -0.2) is 23.0 Å². The fraction of sp³-hybridized carbons (Fsp3) is 0.350. The van der Waals surface area contributed by atoms with Crippen molar-refractivity contribution in [2.45, 2.75) is 39.0 Å². The average Bonchev–Trinajstić information content (AvgIpc) is 3.06. The fourth-order valence-corrected chi connectivity index (χ4v) is 4.67. The molecular weight excluding hydrogens is 346 g/mol. The smallest absolute Gasteiger partial charge is 0.283 e. The first-order chi connectivity index (χ1) is 12.7. The molecule has 4 rings (SSSR count). The molecule has 0 amide bonds. The molecule has 2 aromatic heterocycles. The van der Waals surface area contributed by atoms with Crippen LogP contribution in [-0.2, 0) is 19.3 Å². The van der Waals surface area contributed by atoms with Gasteiger partial charge in [-0.2, -0.15) is 9.78 Å². The van der Waals surface area contributed by atoms with E-state index in [2.05, 4.69) is 5.10 Å². The highest BCUT2D eigenvalue weighted by Gasteiger charge is 2.21. The number of hydrogen-bond acceptors (Lipinski definition) is 5. The minimum Gasteiger partial charge on any atom is -0.497 e. The van der Waals surface area contributed by atoms with Gasteiger partial charge in [-0.05, 0) is 61.1 Å². The third-order valence-corrected chi connectivity index (χ3v) is 5.97. The first-order valence-electron chi connectivity index (χ1n) is 8.96. The largest absolute Gasteiger partial charge is 0.497 e. The average molecular weight is 367 g/mol. The fourth-order valence-electron chi connectivity index (χ4n) is 3.40. The maximum Gasteiger partial charge on any atom is 0.283 e. The lowest BCUT2D eigenvalue weighted by Gasteiger charge is -2.10. The zero-order chi connectivity index (χ0) is 18.1. The summed E-state index contributed by atoms with van der Waals surface area (Å²) in [5.41, 5.74) is 2.06. The van der Waals surface area contributed by atoms with Crippen LogP contribution in [0.3, 0.4) is 0 Å². The third-order valence-electron chi connectivity index (χ3n) is 4.79. The molecule has 0 bridgehead atoms. The lowest BCUT2D eigenvalue weighted by atomic mass is 9.97. The Hall–Kier alpha value is -2.47. The molecule has 2 heterocycles. The van der Waals surface area contributed by atoms with Crippen molar-refractivity contribution in [3.63, 3.8) is 0 Å². The summed E-state index contributed by atoms with van der Waals surface area (Å²) in [5, 5.41) is 5.23. The standard InChI is InChI=1S/C20H21N3O2S/c1-3-17-22-19-18(15-6-4-5-7-16(15)26-19)20(24)23(17)21-12-13-8-10-14(25-2)11-9-13/h8-12H,3-7H2,1-2H3. The van der Waals surface area contributed by atoms with Crippen LogP contribution in [0.1, 0.15) is 41.6 Å². The van der Waals surface area contributed by atoms with Gasteiger partial charge in [0.2, 0.25) is 0 Å². The molecule has 0 aliphatic heterocycles. The Balaban J connectivity index is 1.81. The molecule has 134 valence electrons. The lowest BCUT2D eigenvalue weighted by Crippen LogP contribution is -2.22. The van der Waals surface area contributed by atoms with Crippen LogP contribution in [0, 0.1) is 0 Å². The molecule has 0 fully saturated rings. The molecule has 1 aliphatic carbocycles. The van der Waals surface area contributed by atoms with Crippen molar-refractivity contribution in [3.05, 3.63) is 56.4 Å². The summed E-state index contributed by atoms with van der Waals surface area (Å²) in [7, 11) is 1.64. The van der Waals surface area contributed by atoms with Crippen molar-refractivity contribution < 1.29 is 4.74 Å². The van der Waals surface area contributed by atoms with Crippen molar-refractivity contribution in [2.75, 3.05) is 7.11 Å². The third kappa shape index (κ3) is 2.94. The van der Waals surface area contributed by atoms with E-state index >= 15 is 0 Å². The summed E-state index contributed by atoms with van der Waals surface area (Å²) in [5.74, 6) is 1.49. The predicted octanol–water partition coefficient (Wildman–Crippen LogP) is 3.79. The van der Waals surface area contributed by atoms with Gasteiger partial charge < -0.3 is 4.74 Å². The normalized spacial score (nSPS) is 14.1. The van der Waals surface area contributed by atoms with Crippen LogP contribution in [0.5, 0.6) is 5.75 Å². The molecule has 0 unspecified atom stereocenters. The van der Waals surface area contributed by atoms with Crippen LogP contribution in [0.4, 0.5) is 0 Å². The minimum absolute atomic E-state index is 0.0454. The molecule has 3 aromatic rings. The summed E-state index contributed by atoms with van der Waals surface area (Å²) in [4.78, 5) is 20.1. The molecule has 5 nitrogen and oxygen atoms in total.